The zero-order valence-electron chi connectivity index (χ0n) is 10.5. The van der Waals surface area contributed by atoms with Crippen LogP contribution in [0.15, 0.2) is 5.11 Å². The van der Waals surface area contributed by atoms with E-state index >= 15 is 0 Å². The molecule has 0 aliphatic carbocycles. The largest absolute Gasteiger partial charge is 0.392 e. The first-order valence-corrected chi connectivity index (χ1v) is 6.60. The highest BCUT2D eigenvalue weighted by atomic mass is 32.2. The molecule has 0 aliphatic heterocycles. The monoisotopic (exact) mass is 275 g/mol. The lowest BCUT2D eigenvalue weighted by Crippen LogP contribution is -2.27. The van der Waals surface area contributed by atoms with Crippen LogP contribution in [0.1, 0.15) is 20.3 Å². The van der Waals surface area contributed by atoms with Gasteiger partial charge in [0.1, 0.15) is 17.2 Å². The van der Waals surface area contributed by atoms with Gasteiger partial charge in [0, 0.05) is 25.6 Å². The van der Waals surface area contributed by atoms with E-state index in [2.05, 4.69) is 15.3 Å². The third-order valence-corrected chi connectivity index (χ3v) is 3.33. The smallest absolute Gasteiger partial charge is 0.216 e. The van der Waals surface area contributed by atoms with E-state index in [0.29, 0.717) is 18.7 Å². The third-order valence-electron chi connectivity index (χ3n) is 2.26. The van der Waals surface area contributed by atoms with Gasteiger partial charge in [0.15, 0.2) is 5.12 Å². The molecule has 0 fully saturated rings. The lowest BCUT2D eigenvalue weighted by atomic mass is 10.0. The van der Waals surface area contributed by atoms with Crippen LogP contribution in [0.4, 0.5) is 0 Å². The molecule has 0 aromatic rings. The number of aliphatic hydroxyl groups is 1. The van der Waals surface area contributed by atoms with Crippen LogP contribution >= 0.6 is 11.8 Å². The average Bonchev–Trinajstić information content (AvgIpc) is 2.33. The Bertz CT molecular complexity index is 331. The number of thioether (sulfide) groups is 1. The van der Waals surface area contributed by atoms with Gasteiger partial charge in [-0.3, -0.25) is 9.59 Å². The van der Waals surface area contributed by atoms with Crippen LogP contribution in [0, 0.1) is 11.4 Å². The zero-order valence-corrected chi connectivity index (χ0v) is 11.4. The van der Waals surface area contributed by atoms with Gasteiger partial charge in [-0.15, -0.1) is 0 Å². The quantitative estimate of drug-likeness (QED) is 0.336. The maximum absolute atomic E-state index is 11.7. The molecular formula is C10H19N4O3S+. The lowest BCUT2D eigenvalue weighted by Gasteiger charge is -2.15. The van der Waals surface area contributed by atoms with Crippen molar-refractivity contribution in [1.29, 1.82) is 5.53 Å². The van der Waals surface area contributed by atoms with Crippen molar-refractivity contribution >= 4 is 22.8 Å². The highest BCUT2D eigenvalue weighted by molar-refractivity contribution is 8.13. The first-order chi connectivity index (χ1) is 8.49. The number of aliphatic hydroxyl groups excluding tert-OH is 1. The van der Waals surface area contributed by atoms with E-state index in [9.17, 15) is 14.7 Å². The molecule has 0 heterocycles. The second-order valence-corrected chi connectivity index (χ2v) is 4.86. The number of nitrogens with one attached hydrogen (secondary N) is 2. The molecule has 0 aromatic heterocycles. The minimum atomic E-state index is -0.781. The van der Waals surface area contributed by atoms with Crippen molar-refractivity contribution in [3.05, 3.63) is 0 Å². The van der Waals surface area contributed by atoms with Gasteiger partial charge < -0.3 is 10.4 Å². The molecule has 0 rings (SSSR count). The first kappa shape index (κ1) is 16.8. The number of hydrogen-bond donors (Lipinski definition) is 3. The Morgan fingerprint density at radius 1 is 1.56 bits per heavy atom. The van der Waals surface area contributed by atoms with Gasteiger partial charge in [0.25, 0.3) is 0 Å². The fraction of sp³-hybridized carbons (Fsp3) is 0.800. The SMILES string of the molecule is CC(=O)NCCSC(=O)[C@@H](C)[C@H](O)CCN=[N+]=N. The molecule has 0 saturated carbocycles. The Balaban J connectivity index is 3.86. The van der Waals surface area contributed by atoms with Gasteiger partial charge in [-0.05, 0) is 0 Å². The number of nitrogens with zero attached hydrogens (tertiary/aromatic N) is 2. The number of rotatable bonds is 8. The highest BCUT2D eigenvalue weighted by Crippen LogP contribution is 2.16. The summed E-state index contributed by atoms with van der Waals surface area (Å²) in [4.78, 5) is 25.1. The number of amides is 1. The molecule has 0 spiro atoms. The second-order valence-electron chi connectivity index (χ2n) is 3.76. The minimum Gasteiger partial charge on any atom is -0.392 e. The number of hydrogen-bond acceptors (Lipinski definition) is 6. The summed E-state index contributed by atoms with van der Waals surface area (Å²) in [7, 11) is 0. The summed E-state index contributed by atoms with van der Waals surface area (Å²) in [6.45, 7) is 3.73. The molecule has 18 heavy (non-hydrogen) atoms. The van der Waals surface area contributed by atoms with Crippen molar-refractivity contribution in [2.24, 2.45) is 11.0 Å². The van der Waals surface area contributed by atoms with Crippen LogP contribution in [0.5, 0.6) is 0 Å². The summed E-state index contributed by atoms with van der Waals surface area (Å²) in [6, 6.07) is 0. The topological polar surface area (TPSA) is 117 Å². The van der Waals surface area contributed by atoms with Crippen molar-refractivity contribution in [1.82, 2.24) is 10.2 Å². The number of carbonyl (C=O) groups is 2. The fourth-order valence-corrected chi connectivity index (χ4v) is 1.98. The number of carbonyl (C=O) groups excluding carboxylic acids is 2. The van der Waals surface area contributed by atoms with Crippen LogP contribution < -0.4 is 10.2 Å². The predicted molar refractivity (Wildman–Crippen MR) is 68.1 cm³/mol. The molecule has 0 unspecified atom stereocenters. The van der Waals surface area contributed by atoms with E-state index in [0.717, 1.165) is 11.8 Å². The molecule has 102 valence electrons. The Kier molecular flexibility index (Phi) is 9.08. The molecule has 1 amide bonds. The summed E-state index contributed by atoms with van der Waals surface area (Å²) in [5.74, 6) is -0.132. The molecule has 0 aromatic carbocycles. The molecule has 8 heteroatoms. The van der Waals surface area contributed by atoms with Crippen LogP contribution in [0.2, 0.25) is 0 Å². The Morgan fingerprint density at radius 2 is 2.22 bits per heavy atom. The van der Waals surface area contributed by atoms with E-state index in [1.165, 1.54) is 6.92 Å². The summed E-state index contributed by atoms with van der Waals surface area (Å²) in [5, 5.41) is 15.6. The van der Waals surface area contributed by atoms with Gasteiger partial charge in [-0.2, -0.15) is 0 Å². The maximum atomic E-state index is 11.7. The van der Waals surface area contributed by atoms with Crippen molar-refractivity contribution in [3.8, 4) is 0 Å². The van der Waals surface area contributed by atoms with Crippen molar-refractivity contribution in [2.45, 2.75) is 26.4 Å². The van der Waals surface area contributed by atoms with Crippen molar-refractivity contribution in [2.75, 3.05) is 18.8 Å². The highest BCUT2D eigenvalue weighted by Gasteiger charge is 2.22. The molecule has 0 radical (unpaired) electrons. The Morgan fingerprint density at radius 3 is 2.78 bits per heavy atom. The molecule has 0 saturated heterocycles. The van der Waals surface area contributed by atoms with E-state index in [-0.39, 0.29) is 17.6 Å². The van der Waals surface area contributed by atoms with Gasteiger partial charge in [0.05, 0.1) is 12.0 Å². The Labute approximate surface area is 110 Å². The lowest BCUT2D eigenvalue weighted by molar-refractivity contribution is -0.119. The molecule has 3 N–H and O–H groups in total. The van der Waals surface area contributed by atoms with Gasteiger partial charge in [-0.25, -0.2) is 0 Å². The summed E-state index contributed by atoms with van der Waals surface area (Å²) in [6.07, 6.45) is -0.474. The summed E-state index contributed by atoms with van der Waals surface area (Å²) < 4.78 is 0. The van der Waals surface area contributed by atoms with E-state index in [4.69, 9.17) is 5.53 Å². The first-order valence-electron chi connectivity index (χ1n) is 5.61. The van der Waals surface area contributed by atoms with Crippen LogP contribution in [-0.2, 0) is 9.59 Å². The van der Waals surface area contributed by atoms with Gasteiger partial charge >= 0.3 is 0 Å². The average molecular weight is 275 g/mol. The molecule has 0 aliphatic rings. The normalized spacial score (nSPS) is 13.3. The molecule has 0 bridgehead atoms. The van der Waals surface area contributed by atoms with Gasteiger partial charge in [0.2, 0.25) is 10.8 Å². The zero-order chi connectivity index (χ0) is 14.0. The van der Waals surface area contributed by atoms with E-state index < -0.39 is 12.0 Å². The second kappa shape index (κ2) is 9.76. The third kappa shape index (κ3) is 7.94. The van der Waals surface area contributed by atoms with E-state index in [1.807, 2.05) is 0 Å². The van der Waals surface area contributed by atoms with E-state index in [1.54, 1.807) is 6.92 Å². The van der Waals surface area contributed by atoms with Crippen LogP contribution in [-0.4, -0.2) is 41.1 Å². The molecule has 2 atom stereocenters. The van der Waals surface area contributed by atoms with Crippen LogP contribution in [0.3, 0.4) is 0 Å². The predicted octanol–water partition coefficient (Wildman–Crippen LogP) is 0.320. The van der Waals surface area contributed by atoms with Crippen molar-refractivity contribution in [3.63, 3.8) is 0 Å². The van der Waals surface area contributed by atoms with Gasteiger partial charge in [-0.1, -0.05) is 18.7 Å². The standard InChI is InChI=1S/C10H18N4O3S/c1-7(9(16)3-4-13-14-11)10(17)18-6-5-12-8(2)15/h7,9,11,16H,3-6H2,1-2H3/p+1/t7-,9+/m0/s1. The molecular weight excluding hydrogens is 256 g/mol. The van der Waals surface area contributed by atoms with Crippen LogP contribution in [0.25, 0.3) is 0 Å². The minimum absolute atomic E-state index is 0.115. The van der Waals surface area contributed by atoms with Crippen molar-refractivity contribution < 1.29 is 14.7 Å². The fourth-order valence-electron chi connectivity index (χ4n) is 1.16. The summed E-state index contributed by atoms with van der Waals surface area (Å²) in [5.41, 5.74) is 6.46. The Hall–Kier alpha value is -1.24. The molecule has 7 nitrogen and oxygen atoms in total. The maximum Gasteiger partial charge on any atom is 0.216 e. The summed E-state index contributed by atoms with van der Waals surface area (Å²) >= 11 is 1.09.